The Morgan fingerprint density at radius 3 is 2.65 bits per heavy atom. The molecule has 1 amide bonds. The number of aliphatic carboxylic acids is 1. The van der Waals surface area contributed by atoms with E-state index in [-0.39, 0.29) is 11.8 Å². The maximum Gasteiger partial charge on any atom is 0.312 e. The number of rotatable bonds is 4. The first-order chi connectivity index (χ1) is 11.1. The number of amides is 1. The second-order valence-corrected chi connectivity index (χ2v) is 7.10. The molecule has 1 aliphatic heterocycles. The second kappa shape index (κ2) is 6.73. The quantitative estimate of drug-likeness (QED) is 0.926. The van der Waals surface area contributed by atoms with E-state index in [0.29, 0.717) is 19.0 Å². The lowest BCUT2D eigenvalue weighted by atomic mass is 9.88. The molecule has 1 aliphatic carbocycles. The van der Waals surface area contributed by atoms with Gasteiger partial charge in [-0.3, -0.25) is 9.59 Å². The van der Waals surface area contributed by atoms with Gasteiger partial charge in [0.2, 0.25) is 5.91 Å². The van der Waals surface area contributed by atoms with E-state index in [9.17, 15) is 14.7 Å². The predicted molar refractivity (Wildman–Crippen MR) is 88.0 cm³/mol. The SMILES string of the molecule is CC(CC1CCCC1)C(=O)N1Cc2ccccc2C(C(=O)O)C1. The van der Waals surface area contributed by atoms with Crippen molar-refractivity contribution in [1.29, 1.82) is 0 Å². The number of fused-ring (bicyclic) bond motifs is 1. The van der Waals surface area contributed by atoms with E-state index in [2.05, 4.69) is 0 Å². The summed E-state index contributed by atoms with van der Waals surface area (Å²) in [6.45, 7) is 2.82. The highest BCUT2D eigenvalue weighted by Gasteiger charge is 2.34. The first-order valence-electron chi connectivity index (χ1n) is 8.65. The Morgan fingerprint density at radius 2 is 1.96 bits per heavy atom. The van der Waals surface area contributed by atoms with Crippen LogP contribution in [0.25, 0.3) is 0 Å². The van der Waals surface area contributed by atoms with Crippen LogP contribution < -0.4 is 0 Å². The molecule has 0 radical (unpaired) electrons. The molecule has 1 N–H and O–H groups in total. The molecule has 0 spiro atoms. The summed E-state index contributed by atoms with van der Waals surface area (Å²) in [5, 5.41) is 9.52. The van der Waals surface area contributed by atoms with Gasteiger partial charge in [0.1, 0.15) is 0 Å². The Labute approximate surface area is 137 Å². The Bertz CT molecular complexity index is 592. The molecule has 1 aromatic carbocycles. The number of carbonyl (C=O) groups excluding carboxylic acids is 1. The third-order valence-electron chi connectivity index (χ3n) is 5.39. The van der Waals surface area contributed by atoms with Crippen LogP contribution in [0.15, 0.2) is 24.3 Å². The highest BCUT2D eigenvalue weighted by molar-refractivity contribution is 5.82. The monoisotopic (exact) mass is 315 g/mol. The summed E-state index contributed by atoms with van der Waals surface area (Å²) in [5.74, 6) is -0.697. The molecule has 2 aliphatic rings. The van der Waals surface area contributed by atoms with Crippen LogP contribution in [0, 0.1) is 11.8 Å². The van der Waals surface area contributed by atoms with E-state index >= 15 is 0 Å². The fourth-order valence-electron chi connectivity index (χ4n) is 4.14. The molecule has 0 bridgehead atoms. The lowest BCUT2D eigenvalue weighted by molar-refractivity contribution is -0.142. The third-order valence-corrected chi connectivity index (χ3v) is 5.39. The number of carboxylic acids is 1. The molecule has 0 aromatic heterocycles. The number of nitrogens with zero attached hydrogens (tertiary/aromatic N) is 1. The van der Waals surface area contributed by atoms with Crippen LogP contribution in [0.4, 0.5) is 0 Å². The number of hydrogen-bond acceptors (Lipinski definition) is 2. The fraction of sp³-hybridized carbons (Fsp3) is 0.579. The molecule has 1 heterocycles. The van der Waals surface area contributed by atoms with Crippen molar-refractivity contribution in [2.75, 3.05) is 6.54 Å². The van der Waals surface area contributed by atoms with E-state index in [1.807, 2.05) is 31.2 Å². The molecule has 2 atom stereocenters. The van der Waals surface area contributed by atoms with Gasteiger partial charge < -0.3 is 10.0 Å². The second-order valence-electron chi connectivity index (χ2n) is 7.10. The zero-order valence-electron chi connectivity index (χ0n) is 13.7. The number of benzene rings is 1. The molecule has 0 saturated heterocycles. The van der Waals surface area contributed by atoms with Gasteiger partial charge in [-0.05, 0) is 23.5 Å². The average molecular weight is 315 g/mol. The summed E-state index contributed by atoms with van der Waals surface area (Å²) in [5.41, 5.74) is 1.82. The minimum atomic E-state index is -0.849. The van der Waals surface area contributed by atoms with Gasteiger partial charge in [-0.25, -0.2) is 0 Å². The summed E-state index contributed by atoms with van der Waals surface area (Å²) in [6.07, 6.45) is 5.97. The average Bonchev–Trinajstić information content (AvgIpc) is 3.05. The van der Waals surface area contributed by atoms with Crippen LogP contribution in [0.1, 0.15) is 56.1 Å². The van der Waals surface area contributed by atoms with E-state index in [1.54, 1.807) is 4.90 Å². The van der Waals surface area contributed by atoms with Crippen LogP contribution in [0.5, 0.6) is 0 Å². The van der Waals surface area contributed by atoms with Crippen LogP contribution >= 0.6 is 0 Å². The van der Waals surface area contributed by atoms with Gasteiger partial charge in [0.25, 0.3) is 0 Å². The molecule has 1 fully saturated rings. The van der Waals surface area contributed by atoms with Crippen LogP contribution in [-0.2, 0) is 16.1 Å². The van der Waals surface area contributed by atoms with Crippen molar-refractivity contribution in [2.45, 2.75) is 51.5 Å². The predicted octanol–water partition coefficient (Wildman–Crippen LogP) is 3.41. The van der Waals surface area contributed by atoms with Crippen LogP contribution in [0.3, 0.4) is 0 Å². The normalized spacial score (nSPS) is 22.7. The lowest BCUT2D eigenvalue weighted by Crippen LogP contribution is -2.43. The van der Waals surface area contributed by atoms with Gasteiger partial charge in [-0.1, -0.05) is 56.9 Å². The molecular formula is C19H25NO3. The Balaban J connectivity index is 1.73. The number of carbonyl (C=O) groups is 2. The molecule has 1 aromatic rings. The molecule has 2 unspecified atom stereocenters. The van der Waals surface area contributed by atoms with Crippen molar-refractivity contribution < 1.29 is 14.7 Å². The van der Waals surface area contributed by atoms with E-state index < -0.39 is 11.9 Å². The summed E-state index contributed by atoms with van der Waals surface area (Å²) >= 11 is 0. The van der Waals surface area contributed by atoms with Crippen molar-refractivity contribution in [3.8, 4) is 0 Å². The van der Waals surface area contributed by atoms with Gasteiger partial charge in [0.05, 0.1) is 5.92 Å². The molecule has 23 heavy (non-hydrogen) atoms. The van der Waals surface area contributed by atoms with E-state index in [0.717, 1.165) is 17.5 Å². The molecule has 1 saturated carbocycles. The Hall–Kier alpha value is -1.84. The van der Waals surface area contributed by atoms with Crippen molar-refractivity contribution in [1.82, 2.24) is 4.90 Å². The van der Waals surface area contributed by atoms with Gasteiger partial charge in [0.15, 0.2) is 0 Å². The Kier molecular flexibility index (Phi) is 4.69. The number of hydrogen-bond donors (Lipinski definition) is 1. The van der Waals surface area contributed by atoms with Gasteiger partial charge >= 0.3 is 5.97 Å². The summed E-state index contributed by atoms with van der Waals surface area (Å²) in [4.78, 5) is 26.1. The van der Waals surface area contributed by atoms with E-state index in [4.69, 9.17) is 0 Å². The topological polar surface area (TPSA) is 57.6 Å². The fourth-order valence-corrected chi connectivity index (χ4v) is 4.14. The number of carboxylic acid groups (broad SMARTS) is 1. The molecule has 3 rings (SSSR count). The van der Waals surface area contributed by atoms with Crippen molar-refractivity contribution in [2.24, 2.45) is 11.8 Å². The highest BCUT2D eigenvalue weighted by atomic mass is 16.4. The smallest absolute Gasteiger partial charge is 0.312 e. The first-order valence-corrected chi connectivity index (χ1v) is 8.65. The van der Waals surface area contributed by atoms with Crippen LogP contribution in [0.2, 0.25) is 0 Å². The van der Waals surface area contributed by atoms with Gasteiger partial charge in [-0.15, -0.1) is 0 Å². The Morgan fingerprint density at radius 1 is 1.26 bits per heavy atom. The van der Waals surface area contributed by atoms with Crippen molar-refractivity contribution >= 4 is 11.9 Å². The molecule has 4 heteroatoms. The minimum Gasteiger partial charge on any atom is -0.481 e. The summed E-state index contributed by atoms with van der Waals surface area (Å²) in [7, 11) is 0. The molecule has 4 nitrogen and oxygen atoms in total. The molecule has 124 valence electrons. The maximum absolute atomic E-state index is 12.8. The zero-order valence-corrected chi connectivity index (χ0v) is 13.7. The van der Waals surface area contributed by atoms with Crippen molar-refractivity contribution in [3.05, 3.63) is 35.4 Å². The highest BCUT2D eigenvalue weighted by Crippen LogP contribution is 2.33. The largest absolute Gasteiger partial charge is 0.481 e. The van der Waals surface area contributed by atoms with Gasteiger partial charge in [0, 0.05) is 19.0 Å². The molecular weight excluding hydrogens is 290 g/mol. The maximum atomic E-state index is 12.8. The third kappa shape index (κ3) is 3.41. The van der Waals surface area contributed by atoms with Gasteiger partial charge in [-0.2, -0.15) is 0 Å². The standard InChI is InChI=1S/C19H25NO3/c1-13(10-14-6-2-3-7-14)18(21)20-11-15-8-4-5-9-16(15)17(12-20)19(22)23/h4-5,8-9,13-14,17H,2-3,6-7,10-12H2,1H3,(H,22,23). The zero-order chi connectivity index (χ0) is 16.4. The summed E-state index contributed by atoms with van der Waals surface area (Å²) in [6, 6.07) is 7.59. The first kappa shape index (κ1) is 16.0. The lowest BCUT2D eigenvalue weighted by Gasteiger charge is -2.34. The van der Waals surface area contributed by atoms with Crippen molar-refractivity contribution in [3.63, 3.8) is 0 Å². The van der Waals surface area contributed by atoms with Crippen LogP contribution in [-0.4, -0.2) is 28.4 Å². The van der Waals surface area contributed by atoms with E-state index in [1.165, 1.54) is 25.7 Å². The minimum absolute atomic E-state index is 0.0159. The summed E-state index contributed by atoms with van der Waals surface area (Å²) < 4.78 is 0.